The zero-order valence-electron chi connectivity index (χ0n) is 10.1. The Morgan fingerprint density at radius 3 is 2.47 bits per heavy atom. The molecule has 15 heavy (non-hydrogen) atoms. The zero-order valence-corrected chi connectivity index (χ0v) is 10.1. The molecule has 0 aromatic carbocycles. The average Bonchev–Trinajstić information content (AvgIpc) is 2.18. The summed E-state index contributed by atoms with van der Waals surface area (Å²) in [5.74, 6) is 0. The first kappa shape index (κ1) is 12.7. The largest absolute Gasteiger partial charge is 0.388 e. The lowest BCUT2D eigenvalue weighted by Gasteiger charge is -2.26. The van der Waals surface area contributed by atoms with Crippen LogP contribution in [0, 0.1) is 5.41 Å². The van der Waals surface area contributed by atoms with E-state index in [4.69, 9.17) is 4.74 Å². The predicted octanol–water partition coefficient (Wildman–Crippen LogP) is 1.28. The minimum Gasteiger partial charge on any atom is -0.388 e. The minimum atomic E-state index is -0.362. The first-order valence-electron chi connectivity index (χ1n) is 5.65. The van der Waals surface area contributed by atoms with Gasteiger partial charge in [0.1, 0.15) is 0 Å². The highest BCUT2D eigenvalue weighted by Crippen LogP contribution is 2.19. The zero-order chi connectivity index (χ0) is 11.3. The van der Waals surface area contributed by atoms with Crippen molar-refractivity contribution in [3.05, 3.63) is 12.2 Å². The summed E-state index contributed by atoms with van der Waals surface area (Å²) in [5.41, 5.74) is -0.0679. The van der Waals surface area contributed by atoms with E-state index in [9.17, 15) is 5.11 Å². The van der Waals surface area contributed by atoms with Gasteiger partial charge in [0, 0.05) is 19.6 Å². The summed E-state index contributed by atoms with van der Waals surface area (Å²) >= 11 is 0. The van der Waals surface area contributed by atoms with Crippen LogP contribution in [0.3, 0.4) is 0 Å². The summed E-state index contributed by atoms with van der Waals surface area (Å²) in [6.45, 7) is 10.7. The number of hydrogen-bond donors (Lipinski definition) is 1. The van der Waals surface area contributed by atoms with Crippen LogP contribution in [0.1, 0.15) is 20.8 Å². The normalized spacial score (nSPS) is 22.1. The van der Waals surface area contributed by atoms with Crippen molar-refractivity contribution in [2.45, 2.75) is 26.9 Å². The molecule has 0 aromatic rings. The maximum atomic E-state index is 9.79. The highest BCUT2D eigenvalue weighted by atomic mass is 16.5. The van der Waals surface area contributed by atoms with Gasteiger partial charge in [0.25, 0.3) is 0 Å². The van der Waals surface area contributed by atoms with Crippen LogP contribution in [0.2, 0.25) is 0 Å². The Morgan fingerprint density at radius 1 is 1.33 bits per heavy atom. The lowest BCUT2D eigenvalue weighted by Crippen LogP contribution is -2.36. The Labute approximate surface area is 92.7 Å². The number of aliphatic hydroxyl groups is 1. The summed E-state index contributed by atoms with van der Waals surface area (Å²) in [6, 6.07) is 0. The first-order chi connectivity index (χ1) is 7.00. The third-order valence-electron chi connectivity index (χ3n) is 2.67. The number of morpholine rings is 1. The van der Waals surface area contributed by atoms with Crippen molar-refractivity contribution in [1.29, 1.82) is 0 Å². The lowest BCUT2D eigenvalue weighted by molar-refractivity contribution is 0.0431. The molecule has 1 rings (SSSR count). The summed E-state index contributed by atoms with van der Waals surface area (Å²) in [6.07, 6.45) is 3.59. The molecule has 1 aliphatic heterocycles. The van der Waals surface area contributed by atoms with E-state index in [0.29, 0.717) is 0 Å². The Hall–Kier alpha value is -0.380. The number of aliphatic hydroxyl groups excluding tert-OH is 1. The number of rotatable bonds is 3. The van der Waals surface area contributed by atoms with Gasteiger partial charge in [-0.25, -0.2) is 0 Å². The van der Waals surface area contributed by atoms with Crippen LogP contribution in [0.4, 0.5) is 0 Å². The molecule has 1 heterocycles. The standard InChI is InChI=1S/C12H23NO2/c1-12(2,3)11(14)5-4-6-13-7-9-15-10-8-13/h4-5,11,14H,6-10H2,1-3H3/b5-4+. The molecular weight excluding hydrogens is 190 g/mol. The van der Waals surface area contributed by atoms with Gasteiger partial charge in [-0.15, -0.1) is 0 Å². The smallest absolute Gasteiger partial charge is 0.0769 e. The predicted molar refractivity (Wildman–Crippen MR) is 61.9 cm³/mol. The van der Waals surface area contributed by atoms with E-state index >= 15 is 0 Å². The summed E-state index contributed by atoms with van der Waals surface area (Å²) < 4.78 is 5.27. The van der Waals surface area contributed by atoms with Gasteiger partial charge in [0.15, 0.2) is 0 Å². The molecule has 0 bridgehead atoms. The maximum absolute atomic E-state index is 9.79. The monoisotopic (exact) mass is 213 g/mol. The molecule has 0 spiro atoms. The van der Waals surface area contributed by atoms with Crippen LogP contribution in [-0.4, -0.2) is 49.0 Å². The maximum Gasteiger partial charge on any atom is 0.0769 e. The quantitative estimate of drug-likeness (QED) is 0.717. The Balaban J connectivity index is 2.26. The highest BCUT2D eigenvalue weighted by Gasteiger charge is 2.19. The van der Waals surface area contributed by atoms with Crippen molar-refractivity contribution in [2.75, 3.05) is 32.8 Å². The van der Waals surface area contributed by atoms with Crippen molar-refractivity contribution in [3.63, 3.8) is 0 Å². The summed E-state index contributed by atoms with van der Waals surface area (Å²) in [4.78, 5) is 2.33. The van der Waals surface area contributed by atoms with E-state index in [1.54, 1.807) is 0 Å². The molecular formula is C12H23NO2. The fourth-order valence-corrected chi connectivity index (χ4v) is 1.41. The van der Waals surface area contributed by atoms with E-state index in [1.165, 1.54) is 0 Å². The van der Waals surface area contributed by atoms with Gasteiger partial charge in [0.2, 0.25) is 0 Å². The molecule has 3 heteroatoms. The Morgan fingerprint density at radius 2 is 1.93 bits per heavy atom. The van der Waals surface area contributed by atoms with Crippen molar-refractivity contribution < 1.29 is 9.84 Å². The van der Waals surface area contributed by atoms with E-state index in [0.717, 1.165) is 32.8 Å². The van der Waals surface area contributed by atoms with Gasteiger partial charge in [-0.05, 0) is 5.41 Å². The van der Waals surface area contributed by atoms with Crippen molar-refractivity contribution in [1.82, 2.24) is 4.90 Å². The van der Waals surface area contributed by atoms with Crippen LogP contribution in [0.5, 0.6) is 0 Å². The second-order valence-electron chi connectivity index (χ2n) is 5.15. The SMILES string of the molecule is CC(C)(C)C(O)/C=C/CN1CCOCC1. The van der Waals surface area contributed by atoms with E-state index < -0.39 is 0 Å². The second kappa shape index (κ2) is 5.64. The molecule has 1 atom stereocenters. The van der Waals surface area contributed by atoms with Gasteiger partial charge in [-0.2, -0.15) is 0 Å². The molecule has 1 N–H and O–H groups in total. The molecule has 0 amide bonds. The second-order valence-corrected chi connectivity index (χ2v) is 5.15. The molecule has 1 aliphatic rings. The third-order valence-corrected chi connectivity index (χ3v) is 2.67. The van der Waals surface area contributed by atoms with Crippen molar-refractivity contribution >= 4 is 0 Å². The Kier molecular flexibility index (Phi) is 4.77. The van der Waals surface area contributed by atoms with E-state index in [-0.39, 0.29) is 11.5 Å². The van der Waals surface area contributed by atoms with Crippen LogP contribution in [-0.2, 0) is 4.74 Å². The third kappa shape index (κ3) is 4.78. The fraction of sp³-hybridized carbons (Fsp3) is 0.833. The molecule has 0 aliphatic carbocycles. The van der Waals surface area contributed by atoms with Crippen LogP contribution >= 0.6 is 0 Å². The van der Waals surface area contributed by atoms with Crippen LogP contribution in [0.15, 0.2) is 12.2 Å². The van der Waals surface area contributed by atoms with E-state index in [1.807, 2.05) is 26.8 Å². The van der Waals surface area contributed by atoms with Gasteiger partial charge in [0.05, 0.1) is 19.3 Å². The summed E-state index contributed by atoms with van der Waals surface area (Å²) in [7, 11) is 0. The molecule has 0 aromatic heterocycles. The van der Waals surface area contributed by atoms with Crippen LogP contribution < -0.4 is 0 Å². The Bertz CT molecular complexity index is 202. The van der Waals surface area contributed by atoms with Gasteiger partial charge in [-0.3, -0.25) is 4.90 Å². The number of nitrogens with zero attached hydrogens (tertiary/aromatic N) is 1. The van der Waals surface area contributed by atoms with Gasteiger partial charge in [-0.1, -0.05) is 32.9 Å². The molecule has 1 unspecified atom stereocenters. The van der Waals surface area contributed by atoms with Crippen molar-refractivity contribution in [3.8, 4) is 0 Å². The molecule has 88 valence electrons. The fourth-order valence-electron chi connectivity index (χ4n) is 1.41. The number of hydrogen-bond acceptors (Lipinski definition) is 3. The molecule has 0 radical (unpaired) electrons. The first-order valence-corrected chi connectivity index (χ1v) is 5.65. The molecule has 1 saturated heterocycles. The minimum absolute atomic E-state index is 0.0679. The highest BCUT2D eigenvalue weighted by molar-refractivity contribution is 4.95. The average molecular weight is 213 g/mol. The molecule has 1 fully saturated rings. The topological polar surface area (TPSA) is 32.7 Å². The van der Waals surface area contributed by atoms with Crippen molar-refractivity contribution in [2.24, 2.45) is 5.41 Å². The van der Waals surface area contributed by atoms with Gasteiger partial charge < -0.3 is 9.84 Å². The lowest BCUT2D eigenvalue weighted by atomic mass is 9.89. The van der Waals surface area contributed by atoms with Crippen LogP contribution in [0.25, 0.3) is 0 Å². The molecule has 3 nitrogen and oxygen atoms in total. The van der Waals surface area contributed by atoms with E-state index in [2.05, 4.69) is 11.0 Å². The number of ether oxygens (including phenoxy) is 1. The van der Waals surface area contributed by atoms with Gasteiger partial charge >= 0.3 is 0 Å². The molecule has 0 saturated carbocycles. The summed E-state index contributed by atoms with van der Waals surface area (Å²) in [5, 5.41) is 9.79.